The molecule has 0 spiro atoms. The Morgan fingerprint density at radius 2 is 2.24 bits per heavy atom. The highest BCUT2D eigenvalue weighted by Crippen LogP contribution is 2.20. The van der Waals surface area contributed by atoms with Crippen molar-refractivity contribution in [2.75, 3.05) is 32.0 Å². The van der Waals surface area contributed by atoms with Crippen LogP contribution in [0.2, 0.25) is 0 Å². The fourth-order valence-corrected chi connectivity index (χ4v) is 2.96. The van der Waals surface area contributed by atoms with E-state index in [4.69, 9.17) is 10.5 Å². The number of likely N-dealkylation sites (tertiary alicyclic amines) is 1. The third kappa shape index (κ3) is 5.56. The molecule has 0 bridgehead atoms. The van der Waals surface area contributed by atoms with Crippen LogP contribution in [0.1, 0.15) is 32.6 Å². The molecule has 1 aliphatic heterocycles. The van der Waals surface area contributed by atoms with E-state index in [1.165, 1.54) is 25.7 Å². The van der Waals surface area contributed by atoms with Crippen LogP contribution in [0.3, 0.4) is 0 Å². The maximum absolute atomic E-state index is 10.1. The average Bonchev–Trinajstić information content (AvgIpc) is 2.70. The lowest BCUT2D eigenvalue weighted by Crippen LogP contribution is -2.36. The molecule has 1 fully saturated rings. The lowest BCUT2D eigenvalue weighted by Gasteiger charge is -2.23. The predicted octanol–water partition coefficient (Wildman–Crippen LogP) is 2.52. The van der Waals surface area contributed by atoms with Gasteiger partial charge >= 0.3 is 0 Å². The van der Waals surface area contributed by atoms with Crippen molar-refractivity contribution in [1.82, 2.24) is 4.90 Å². The fourth-order valence-electron chi connectivity index (χ4n) is 2.96. The van der Waals surface area contributed by atoms with Crippen molar-refractivity contribution in [2.45, 2.75) is 38.7 Å². The summed E-state index contributed by atoms with van der Waals surface area (Å²) in [6.07, 6.45) is 4.63. The van der Waals surface area contributed by atoms with Gasteiger partial charge in [0.2, 0.25) is 0 Å². The quantitative estimate of drug-likeness (QED) is 0.791. The summed E-state index contributed by atoms with van der Waals surface area (Å²) in [5, 5.41) is 10.1. The van der Waals surface area contributed by atoms with Crippen molar-refractivity contribution in [3.8, 4) is 5.75 Å². The third-order valence-corrected chi connectivity index (χ3v) is 4.29. The average molecular weight is 292 g/mol. The van der Waals surface area contributed by atoms with E-state index >= 15 is 0 Å². The molecule has 0 saturated carbocycles. The molecule has 3 N–H and O–H groups in total. The molecule has 0 amide bonds. The first-order chi connectivity index (χ1) is 10.2. The molecule has 0 radical (unpaired) electrons. The molecule has 1 saturated heterocycles. The van der Waals surface area contributed by atoms with Gasteiger partial charge in [0.15, 0.2) is 0 Å². The Kier molecular flexibility index (Phi) is 6.33. The lowest BCUT2D eigenvalue weighted by molar-refractivity contribution is 0.0690. The van der Waals surface area contributed by atoms with Crippen LogP contribution in [0.25, 0.3) is 0 Å². The summed E-state index contributed by atoms with van der Waals surface area (Å²) >= 11 is 0. The summed E-state index contributed by atoms with van der Waals surface area (Å²) in [4.78, 5) is 2.36. The van der Waals surface area contributed by atoms with E-state index < -0.39 is 6.10 Å². The van der Waals surface area contributed by atoms with Crippen molar-refractivity contribution in [3.63, 3.8) is 0 Å². The second-order valence-electron chi connectivity index (χ2n) is 6.04. The zero-order chi connectivity index (χ0) is 15.1. The first-order valence-electron chi connectivity index (χ1n) is 8.06. The number of nitrogen functional groups attached to an aromatic ring is 1. The van der Waals surface area contributed by atoms with Gasteiger partial charge in [-0.2, -0.15) is 0 Å². The molecule has 21 heavy (non-hydrogen) atoms. The summed E-state index contributed by atoms with van der Waals surface area (Å²) in [6, 6.07) is 7.33. The van der Waals surface area contributed by atoms with Crippen LogP contribution in [-0.4, -0.2) is 42.4 Å². The number of anilines is 1. The lowest BCUT2D eigenvalue weighted by atomic mass is 9.98. The van der Waals surface area contributed by atoms with Crippen LogP contribution >= 0.6 is 0 Å². The van der Waals surface area contributed by atoms with E-state index in [1.54, 1.807) is 6.07 Å². The smallest absolute Gasteiger partial charge is 0.121 e. The summed E-state index contributed by atoms with van der Waals surface area (Å²) in [7, 11) is 0. The monoisotopic (exact) mass is 292 g/mol. The normalized spacial score (nSPS) is 21.7. The van der Waals surface area contributed by atoms with Gasteiger partial charge in [0, 0.05) is 18.3 Å². The number of aliphatic hydroxyl groups excluding tert-OH is 1. The maximum Gasteiger partial charge on any atom is 0.121 e. The van der Waals surface area contributed by atoms with Gasteiger partial charge in [-0.25, -0.2) is 0 Å². The SMILES string of the molecule is CCC1CCCN(CC(O)COc2cccc(N)c2)CC1. The van der Waals surface area contributed by atoms with E-state index in [0.29, 0.717) is 18.8 Å². The Morgan fingerprint density at radius 1 is 1.38 bits per heavy atom. The zero-order valence-electron chi connectivity index (χ0n) is 13.0. The van der Waals surface area contributed by atoms with Crippen molar-refractivity contribution in [2.24, 2.45) is 5.92 Å². The predicted molar refractivity (Wildman–Crippen MR) is 86.4 cm³/mol. The maximum atomic E-state index is 10.1. The Balaban J connectivity index is 1.72. The number of hydrogen-bond acceptors (Lipinski definition) is 4. The number of rotatable bonds is 6. The molecule has 2 unspecified atom stereocenters. The topological polar surface area (TPSA) is 58.7 Å². The van der Waals surface area contributed by atoms with E-state index in [0.717, 1.165) is 24.8 Å². The van der Waals surface area contributed by atoms with Gasteiger partial charge in [0.05, 0.1) is 0 Å². The minimum Gasteiger partial charge on any atom is -0.491 e. The van der Waals surface area contributed by atoms with Gasteiger partial charge in [0.25, 0.3) is 0 Å². The summed E-state index contributed by atoms with van der Waals surface area (Å²) in [5.74, 6) is 1.58. The highest BCUT2D eigenvalue weighted by atomic mass is 16.5. The van der Waals surface area contributed by atoms with Crippen molar-refractivity contribution >= 4 is 5.69 Å². The van der Waals surface area contributed by atoms with E-state index in [-0.39, 0.29) is 0 Å². The molecule has 1 heterocycles. The Bertz CT molecular complexity index is 425. The standard InChI is InChI=1S/C17H28N2O2/c1-2-14-5-4-9-19(10-8-14)12-16(20)13-21-17-7-3-6-15(18)11-17/h3,6-7,11,14,16,20H,2,4-5,8-10,12-13,18H2,1H3. The highest BCUT2D eigenvalue weighted by Gasteiger charge is 2.18. The fraction of sp³-hybridized carbons (Fsp3) is 0.647. The first-order valence-corrected chi connectivity index (χ1v) is 8.06. The van der Waals surface area contributed by atoms with Crippen LogP contribution in [0, 0.1) is 5.92 Å². The molecule has 2 atom stereocenters. The van der Waals surface area contributed by atoms with Crippen LogP contribution in [0.4, 0.5) is 5.69 Å². The summed E-state index contributed by atoms with van der Waals surface area (Å²) < 4.78 is 5.61. The Morgan fingerprint density at radius 3 is 3.00 bits per heavy atom. The van der Waals surface area contributed by atoms with Crippen molar-refractivity contribution in [1.29, 1.82) is 0 Å². The van der Waals surface area contributed by atoms with E-state index in [9.17, 15) is 5.11 Å². The largest absolute Gasteiger partial charge is 0.491 e. The molecule has 0 aliphatic carbocycles. The second kappa shape index (κ2) is 8.25. The Labute approximate surface area is 127 Å². The molecule has 1 aliphatic rings. The number of ether oxygens (including phenoxy) is 1. The van der Waals surface area contributed by atoms with Gasteiger partial charge in [-0.05, 0) is 50.4 Å². The third-order valence-electron chi connectivity index (χ3n) is 4.29. The van der Waals surface area contributed by atoms with Crippen LogP contribution < -0.4 is 10.5 Å². The van der Waals surface area contributed by atoms with Crippen molar-refractivity contribution < 1.29 is 9.84 Å². The number of β-amino-alcohol motifs (C(OH)–C–C–N with tert-alkyl or cyclic N) is 1. The molecule has 118 valence electrons. The highest BCUT2D eigenvalue weighted by molar-refractivity contribution is 5.43. The zero-order valence-corrected chi connectivity index (χ0v) is 13.0. The summed E-state index contributed by atoms with van der Waals surface area (Å²) in [6.45, 7) is 5.46. The van der Waals surface area contributed by atoms with E-state index in [1.807, 2.05) is 18.2 Å². The van der Waals surface area contributed by atoms with Gasteiger partial charge < -0.3 is 20.5 Å². The molecular weight excluding hydrogens is 264 g/mol. The number of benzene rings is 1. The molecule has 1 aromatic carbocycles. The molecule has 2 rings (SSSR count). The minimum atomic E-state index is -0.454. The molecular formula is C17H28N2O2. The Hall–Kier alpha value is -1.26. The number of nitrogens with zero attached hydrogens (tertiary/aromatic N) is 1. The second-order valence-corrected chi connectivity index (χ2v) is 6.04. The first kappa shape index (κ1) is 16.1. The van der Waals surface area contributed by atoms with Crippen LogP contribution in [-0.2, 0) is 0 Å². The molecule has 4 nitrogen and oxygen atoms in total. The van der Waals surface area contributed by atoms with Crippen LogP contribution in [0.5, 0.6) is 5.75 Å². The number of nitrogens with two attached hydrogens (primary N) is 1. The number of aliphatic hydroxyl groups is 1. The van der Waals surface area contributed by atoms with Gasteiger partial charge in [0.1, 0.15) is 18.5 Å². The molecule has 0 aromatic heterocycles. The molecule has 4 heteroatoms. The number of hydrogen-bond donors (Lipinski definition) is 2. The van der Waals surface area contributed by atoms with E-state index in [2.05, 4.69) is 11.8 Å². The van der Waals surface area contributed by atoms with Gasteiger partial charge in [-0.15, -0.1) is 0 Å². The molecule has 1 aromatic rings. The van der Waals surface area contributed by atoms with Gasteiger partial charge in [-0.3, -0.25) is 0 Å². The minimum absolute atomic E-state index is 0.317. The van der Waals surface area contributed by atoms with Crippen molar-refractivity contribution in [3.05, 3.63) is 24.3 Å². The van der Waals surface area contributed by atoms with Gasteiger partial charge in [-0.1, -0.05) is 19.4 Å². The van der Waals surface area contributed by atoms with Crippen LogP contribution in [0.15, 0.2) is 24.3 Å². The summed E-state index contributed by atoms with van der Waals surface area (Å²) in [5.41, 5.74) is 6.39.